The number of benzene rings is 1. The zero-order valence-electron chi connectivity index (χ0n) is 15.0. The summed E-state index contributed by atoms with van der Waals surface area (Å²) >= 11 is 5.93. The number of carbonyl (C=O) groups is 1. The summed E-state index contributed by atoms with van der Waals surface area (Å²) in [5.74, 6) is 0.564. The Balaban J connectivity index is 1.58. The first kappa shape index (κ1) is 19.6. The number of hydrogen-bond acceptors (Lipinski definition) is 5. The highest BCUT2D eigenvalue weighted by Crippen LogP contribution is 2.17. The van der Waals surface area contributed by atoms with E-state index in [1.54, 1.807) is 29.2 Å². The number of anilines is 1. The molecule has 0 saturated carbocycles. The van der Waals surface area contributed by atoms with Crippen LogP contribution in [0.4, 0.5) is 5.82 Å². The minimum Gasteiger partial charge on any atom is -0.353 e. The summed E-state index contributed by atoms with van der Waals surface area (Å²) in [7, 11) is -2.26. The molecule has 1 aliphatic heterocycles. The number of hydrogen-bond donors (Lipinski definition) is 0. The first-order valence-electron chi connectivity index (χ1n) is 8.54. The highest BCUT2D eigenvalue weighted by molar-refractivity contribution is 7.89. The fourth-order valence-corrected chi connectivity index (χ4v) is 4.21. The summed E-state index contributed by atoms with van der Waals surface area (Å²) in [5, 5.41) is 0.429. The number of sulfonamides is 1. The maximum atomic E-state index is 12.5. The second-order valence-corrected chi connectivity index (χ2v) is 8.69. The number of amides is 1. The van der Waals surface area contributed by atoms with Crippen molar-refractivity contribution in [2.24, 2.45) is 0 Å². The van der Waals surface area contributed by atoms with Gasteiger partial charge in [0.2, 0.25) is 15.9 Å². The normalized spacial score (nSPS) is 15.2. The van der Waals surface area contributed by atoms with Crippen molar-refractivity contribution in [1.82, 2.24) is 14.2 Å². The summed E-state index contributed by atoms with van der Waals surface area (Å²) in [6.45, 7) is 2.06. The van der Waals surface area contributed by atoms with Gasteiger partial charge in [-0.15, -0.1) is 0 Å². The van der Waals surface area contributed by atoms with Crippen LogP contribution in [-0.2, 0) is 14.8 Å². The zero-order valence-corrected chi connectivity index (χ0v) is 16.5. The summed E-state index contributed by atoms with van der Waals surface area (Å²) in [6, 6.07) is 13.5. The molecule has 2 heterocycles. The molecular formula is C18H21ClN4O3S. The van der Waals surface area contributed by atoms with Crippen LogP contribution in [0.5, 0.6) is 0 Å². The van der Waals surface area contributed by atoms with Crippen molar-refractivity contribution in [2.45, 2.75) is 4.90 Å². The van der Waals surface area contributed by atoms with Crippen LogP contribution < -0.4 is 4.90 Å². The molecule has 0 bridgehead atoms. The molecule has 1 aromatic heterocycles. The average Bonchev–Trinajstić information content (AvgIpc) is 2.68. The smallest absolute Gasteiger partial charge is 0.243 e. The molecular weight excluding hydrogens is 388 g/mol. The van der Waals surface area contributed by atoms with Gasteiger partial charge in [0.1, 0.15) is 11.0 Å². The maximum absolute atomic E-state index is 12.5. The summed E-state index contributed by atoms with van der Waals surface area (Å²) < 4.78 is 26.2. The average molecular weight is 409 g/mol. The molecule has 1 aliphatic rings. The van der Waals surface area contributed by atoms with Crippen LogP contribution in [0.25, 0.3) is 0 Å². The van der Waals surface area contributed by atoms with E-state index in [1.165, 1.54) is 19.2 Å². The molecule has 144 valence electrons. The molecule has 27 heavy (non-hydrogen) atoms. The SMILES string of the molecule is CN(CC(=O)N1CCN(c2cccc(Cl)n2)CC1)S(=O)(=O)c1ccccc1. The second kappa shape index (κ2) is 8.24. The van der Waals surface area contributed by atoms with Crippen molar-refractivity contribution in [2.75, 3.05) is 44.7 Å². The number of nitrogens with zero attached hydrogens (tertiary/aromatic N) is 4. The maximum Gasteiger partial charge on any atom is 0.243 e. The Hall–Kier alpha value is -2.16. The molecule has 0 unspecified atom stereocenters. The molecule has 0 spiro atoms. The predicted octanol–water partition coefficient (Wildman–Crippen LogP) is 1.70. The number of halogens is 1. The van der Waals surface area contributed by atoms with E-state index in [-0.39, 0.29) is 17.3 Å². The van der Waals surface area contributed by atoms with Gasteiger partial charge < -0.3 is 9.80 Å². The number of likely N-dealkylation sites (N-methyl/N-ethyl adjacent to an activating group) is 1. The van der Waals surface area contributed by atoms with Crippen molar-refractivity contribution in [1.29, 1.82) is 0 Å². The number of piperazine rings is 1. The summed E-state index contributed by atoms with van der Waals surface area (Å²) in [4.78, 5) is 20.7. The van der Waals surface area contributed by atoms with E-state index in [1.807, 2.05) is 12.1 Å². The Morgan fingerprint density at radius 3 is 2.37 bits per heavy atom. The standard InChI is InChI=1S/C18H21ClN4O3S/c1-21(27(25,26)15-6-3-2-4-7-15)14-18(24)23-12-10-22(11-13-23)17-9-5-8-16(19)20-17/h2-9H,10-14H2,1H3. The van der Waals surface area contributed by atoms with Crippen LogP contribution >= 0.6 is 11.6 Å². The lowest BCUT2D eigenvalue weighted by Crippen LogP contribution is -2.51. The van der Waals surface area contributed by atoms with E-state index in [0.29, 0.717) is 31.3 Å². The number of carbonyl (C=O) groups excluding carboxylic acids is 1. The third kappa shape index (κ3) is 4.58. The number of aromatic nitrogens is 1. The largest absolute Gasteiger partial charge is 0.353 e. The van der Waals surface area contributed by atoms with Crippen molar-refractivity contribution in [3.05, 3.63) is 53.7 Å². The molecule has 7 nitrogen and oxygen atoms in total. The van der Waals surface area contributed by atoms with E-state index < -0.39 is 10.0 Å². The highest BCUT2D eigenvalue weighted by atomic mass is 35.5. The van der Waals surface area contributed by atoms with Crippen LogP contribution in [0.15, 0.2) is 53.4 Å². The Kier molecular flexibility index (Phi) is 5.98. The molecule has 0 atom stereocenters. The summed E-state index contributed by atoms with van der Waals surface area (Å²) in [5.41, 5.74) is 0. The van der Waals surface area contributed by atoms with Crippen molar-refractivity contribution >= 4 is 33.3 Å². The molecule has 1 amide bonds. The lowest BCUT2D eigenvalue weighted by Gasteiger charge is -2.36. The number of pyridine rings is 1. The van der Waals surface area contributed by atoms with Gasteiger partial charge in [-0.05, 0) is 24.3 Å². The highest BCUT2D eigenvalue weighted by Gasteiger charge is 2.27. The lowest BCUT2D eigenvalue weighted by molar-refractivity contribution is -0.131. The molecule has 1 aromatic carbocycles. The molecule has 1 fully saturated rings. The van der Waals surface area contributed by atoms with Gasteiger partial charge in [0, 0.05) is 33.2 Å². The second-order valence-electron chi connectivity index (χ2n) is 6.26. The summed E-state index contributed by atoms with van der Waals surface area (Å²) in [6.07, 6.45) is 0. The van der Waals surface area contributed by atoms with Crippen LogP contribution in [0.2, 0.25) is 5.15 Å². The molecule has 0 radical (unpaired) electrons. The molecule has 2 aromatic rings. The van der Waals surface area contributed by atoms with Gasteiger partial charge in [-0.2, -0.15) is 4.31 Å². The van der Waals surface area contributed by atoms with Gasteiger partial charge in [-0.1, -0.05) is 35.9 Å². The van der Waals surface area contributed by atoms with Crippen LogP contribution in [0, 0.1) is 0 Å². The van der Waals surface area contributed by atoms with Crippen molar-refractivity contribution < 1.29 is 13.2 Å². The van der Waals surface area contributed by atoms with Gasteiger partial charge in [-0.25, -0.2) is 13.4 Å². The van der Waals surface area contributed by atoms with E-state index in [4.69, 9.17) is 11.6 Å². The molecule has 0 aliphatic carbocycles. The van der Waals surface area contributed by atoms with Crippen molar-refractivity contribution in [3.8, 4) is 0 Å². The van der Waals surface area contributed by atoms with Gasteiger partial charge in [0.15, 0.2) is 0 Å². The van der Waals surface area contributed by atoms with E-state index in [0.717, 1.165) is 10.1 Å². The topological polar surface area (TPSA) is 73.8 Å². The lowest BCUT2D eigenvalue weighted by atomic mass is 10.3. The van der Waals surface area contributed by atoms with Gasteiger partial charge in [-0.3, -0.25) is 4.79 Å². The van der Waals surface area contributed by atoms with Crippen LogP contribution in [0.3, 0.4) is 0 Å². The van der Waals surface area contributed by atoms with Crippen LogP contribution in [-0.4, -0.2) is 68.3 Å². The quantitative estimate of drug-likeness (QED) is 0.704. The van der Waals surface area contributed by atoms with Crippen LogP contribution in [0.1, 0.15) is 0 Å². The molecule has 0 N–H and O–H groups in total. The Labute approximate surface area is 164 Å². The van der Waals surface area contributed by atoms with E-state index in [2.05, 4.69) is 9.88 Å². The molecule has 1 saturated heterocycles. The van der Waals surface area contributed by atoms with Crippen molar-refractivity contribution in [3.63, 3.8) is 0 Å². The fourth-order valence-electron chi connectivity index (χ4n) is 2.91. The van der Waals surface area contributed by atoms with Gasteiger partial charge in [0.05, 0.1) is 11.4 Å². The molecule has 9 heteroatoms. The zero-order chi connectivity index (χ0) is 19.4. The van der Waals surface area contributed by atoms with E-state index >= 15 is 0 Å². The number of rotatable bonds is 5. The predicted molar refractivity (Wildman–Crippen MR) is 104 cm³/mol. The minimum atomic E-state index is -3.68. The monoisotopic (exact) mass is 408 g/mol. The Morgan fingerprint density at radius 2 is 1.74 bits per heavy atom. The first-order valence-corrected chi connectivity index (χ1v) is 10.4. The minimum absolute atomic E-state index is 0.178. The third-order valence-corrected chi connectivity index (χ3v) is 6.49. The van der Waals surface area contributed by atoms with E-state index in [9.17, 15) is 13.2 Å². The third-order valence-electron chi connectivity index (χ3n) is 4.47. The fraction of sp³-hybridized carbons (Fsp3) is 0.333. The molecule has 3 rings (SSSR count). The van der Waals surface area contributed by atoms with Gasteiger partial charge in [0.25, 0.3) is 0 Å². The first-order chi connectivity index (χ1) is 12.9. The van der Waals surface area contributed by atoms with Gasteiger partial charge >= 0.3 is 0 Å². The Bertz CT molecular complexity index is 900. The Morgan fingerprint density at radius 1 is 1.07 bits per heavy atom.